The average molecular weight is 455 g/mol. The molecule has 1 heterocycles. The second-order valence-corrected chi connectivity index (χ2v) is 8.55. The van der Waals surface area contributed by atoms with Crippen LogP contribution in [0.15, 0.2) is 62.9 Å². The zero-order valence-corrected chi connectivity index (χ0v) is 20.9. The molecule has 0 N–H and O–H groups in total. The average Bonchev–Trinajstić information content (AvgIpc) is 2.75. The fraction of sp³-hybridized carbons (Fsp3) is 0.464. The highest BCUT2D eigenvalue weighted by molar-refractivity contribution is 5.89. The van der Waals surface area contributed by atoms with Gasteiger partial charge in [0.15, 0.2) is 17.1 Å². The van der Waals surface area contributed by atoms with Crippen LogP contribution < -0.4 is 19.8 Å². The lowest BCUT2D eigenvalue weighted by molar-refractivity contribution is 0.216. The van der Waals surface area contributed by atoms with E-state index in [4.69, 9.17) is 18.6 Å². The number of para-hydroxylation sites is 1. The predicted molar refractivity (Wildman–Crippen MR) is 136 cm³/mol. The smallest absolute Gasteiger partial charge is 0.383 e. The van der Waals surface area contributed by atoms with Gasteiger partial charge in [0.1, 0.15) is 6.61 Å². The maximum atomic E-state index is 12.8. The summed E-state index contributed by atoms with van der Waals surface area (Å²) >= 11 is 0. The van der Waals surface area contributed by atoms with Gasteiger partial charge in [0, 0.05) is 0 Å². The van der Waals surface area contributed by atoms with Crippen LogP contribution in [-0.2, 0) is 0 Å². The summed E-state index contributed by atoms with van der Waals surface area (Å²) in [6, 6.07) is 5.52. The summed E-state index contributed by atoms with van der Waals surface area (Å²) in [6.07, 6.45) is 12.0. The van der Waals surface area contributed by atoms with Crippen LogP contribution in [0.4, 0.5) is 0 Å². The molecule has 5 heteroatoms. The number of rotatable bonds is 13. The van der Waals surface area contributed by atoms with Crippen molar-refractivity contribution in [2.75, 3.05) is 13.2 Å². The van der Waals surface area contributed by atoms with Gasteiger partial charge in [-0.05, 0) is 78.5 Å². The standard InChI is InChI=1S/C28H38O5/c1-7-8-9-10-18-30-24-16-12-15-23-25(24)33-28(29)27(32-21(4)5)26(23)31-19-17-22(6)14-11-13-20(2)3/h8-9,12-13,15-17,21H,7,10-11,14,18-19H2,1-6H3. The van der Waals surface area contributed by atoms with Crippen molar-refractivity contribution >= 4 is 11.0 Å². The minimum atomic E-state index is -0.572. The molecule has 33 heavy (non-hydrogen) atoms. The second kappa shape index (κ2) is 13.6. The lowest BCUT2D eigenvalue weighted by Crippen LogP contribution is -2.15. The van der Waals surface area contributed by atoms with Crippen molar-refractivity contribution in [3.8, 4) is 17.2 Å². The van der Waals surface area contributed by atoms with Crippen LogP contribution in [0, 0.1) is 0 Å². The molecule has 0 saturated heterocycles. The molecule has 0 bridgehead atoms. The lowest BCUT2D eigenvalue weighted by atomic mass is 10.1. The van der Waals surface area contributed by atoms with E-state index in [9.17, 15) is 4.79 Å². The summed E-state index contributed by atoms with van der Waals surface area (Å²) < 4.78 is 23.4. The molecule has 2 rings (SSSR count). The second-order valence-electron chi connectivity index (χ2n) is 8.55. The number of hydrogen-bond acceptors (Lipinski definition) is 5. The molecule has 0 atom stereocenters. The molecule has 0 saturated carbocycles. The fourth-order valence-electron chi connectivity index (χ4n) is 3.23. The molecule has 0 amide bonds. The molecule has 2 aromatic rings. The molecule has 0 aliphatic rings. The summed E-state index contributed by atoms with van der Waals surface area (Å²) in [5, 5.41) is 0.655. The first-order valence-electron chi connectivity index (χ1n) is 11.8. The van der Waals surface area contributed by atoms with Gasteiger partial charge in [-0.25, -0.2) is 4.79 Å². The quantitative estimate of drug-likeness (QED) is 0.179. The highest BCUT2D eigenvalue weighted by Gasteiger charge is 2.21. The molecular formula is C28H38O5. The number of fused-ring (bicyclic) bond motifs is 1. The van der Waals surface area contributed by atoms with E-state index in [2.05, 4.69) is 45.9 Å². The summed E-state index contributed by atoms with van der Waals surface area (Å²) in [7, 11) is 0. The third-order valence-electron chi connectivity index (χ3n) is 4.86. The van der Waals surface area contributed by atoms with Crippen LogP contribution in [-0.4, -0.2) is 19.3 Å². The van der Waals surface area contributed by atoms with E-state index in [1.54, 1.807) is 6.07 Å². The first-order chi connectivity index (χ1) is 15.8. The maximum absolute atomic E-state index is 12.8. The van der Waals surface area contributed by atoms with Crippen LogP contribution in [0.1, 0.15) is 67.2 Å². The van der Waals surface area contributed by atoms with Crippen LogP contribution in [0.3, 0.4) is 0 Å². The van der Waals surface area contributed by atoms with Gasteiger partial charge in [-0.15, -0.1) is 0 Å². The Morgan fingerprint density at radius 3 is 2.52 bits per heavy atom. The first kappa shape index (κ1) is 26.3. The van der Waals surface area contributed by atoms with Gasteiger partial charge in [0.05, 0.1) is 18.1 Å². The summed E-state index contributed by atoms with van der Waals surface area (Å²) in [4.78, 5) is 12.8. The minimum Gasteiger partial charge on any atom is -0.489 e. The van der Waals surface area contributed by atoms with Gasteiger partial charge in [-0.3, -0.25) is 0 Å². The SMILES string of the molecule is CCC=CCCOc1cccc2c(OCC=C(C)CCC=C(C)C)c(OC(C)C)c(=O)oc12. The molecule has 0 fully saturated rings. The fourth-order valence-corrected chi connectivity index (χ4v) is 3.23. The van der Waals surface area contributed by atoms with Crippen LogP contribution >= 0.6 is 0 Å². The number of allylic oxidation sites excluding steroid dienone is 4. The van der Waals surface area contributed by atoms with Crippen LogP contribution in [0.2, 0.25) is 0 Å². The van der Waals surface area contributed by atoms with E-state index in [1.807, 2.05) is 32.1 Å². The molecule has 1 aromatic heterocycles. The molecule has 0 aliphatic carbocycles. The highest BCUT2D eigenvalue weighted by atomic mass is 16.5. The lowest BCUT2D eigenvalue weighted by Gasteiger charge is -2.16. The summed E-state index contributed by atoms with van der Waals surface area (Å²) in [5.74, 6) is 1.000. The Morgan fingerprint density at radius 2 is 1.82 bits per heavy atom. The van der Waals surface area contributed by atoms with Gasteiger partial charge < -0.3 is 18.6 Å². The van der Waals surface area contributed by atoms with E-state index in [-0.39, 0.29) is 11.9 Å². The van der Waals surface area contributed by atoms with E-state index in [0.717, 1.165) is 25.7 Å². The number of ether oxygens (including phenoxy) is 3. The van der Waals surface area contributed by atoms with Crippen molar-refractivity contribution in [1.82, 2.24) is 0 Å². The third kappa shape index (κ3) is 8.49. The summed E-state index contributed by atoms with van der Waals surface area (Å²) in [5.41, 5.74) is 2.35. The van der Waals surface area contributed by atoms with Gasteiger partial charge in [0.2, 0.25) is 5.75 Å². The Balaban J connectivity index is 2.32. The number of benzene rings is 1. The molecule has 180 valence electrons. The van der Waals surface area contributed by atoms with E-state index >= 15 is 0 Å². The van der Waals surface area contributed by atoms with Crippen molar-refractivity contribution in [1.29, 1.82) is 0 Å². The normalized spacial score (nSPS) is 11.9. The highest BCUT2D eigenvalue weighted by Crippen LogP contribution is 2.37. The molecule has 0 radical (unpaired) electrons. The topological polar surface area (TPSA) is 57.9 Å². The van der Waals surface area contributed by atoms with Crippen LogP contribution in [0.25, 0.3) is 11.0 Å². The van der Waals surface area contributed by atoms with Crippen molar-refractivity contribution in [3.63, 3.8) is 0 Å². The molecule has 0 spiro atoms. The Morgan fingerprint density at radius 1 is 1.03 bits per heavy atom. The van der Waals surface area contributed by atoms with E-state index in [1.165, 1.54) is 11.1 Å². The third-order valence-corrected chi connectivity index (χ3v) is 4.86. The van der Waals surface area contributed by atoms with E-state index in [0.29, 0.717) is 35.7 Å². The maximum Gasteiger partial charge on any atom is 0.383 e. The van der Waals surface area contributed by atoms with Gasteiger partial charge in [-0.1, -0.05) is 42.4 Å². The molecule has 0 unspecified atom stereocenters. The Hall–Kier alpha value is -2.95. The van der Waals surface area contributed by atoms with Crippen molar-refractivity contribution in [2.24, 2.45) is 0 Å². The van der Waals surface area contributed by atoms with E-state index < -0.39 is 5.63 Å². The molecule has 5 nitrogen and oxygen atoms in total. The predicted octanol–water partition coefficient (Wildman–Crippen LogP) is 7.39. The Kier molecular flexibility index (Phi) is 10.8. The molecule has 1 aromatic carbocycles. The monoisotopic (exact) mass is 454 g/mol. The van der Waals surface area contributed by atoms with Crippen molar-refractivity contribution in [3.05, 3.63) is 64.1 Å². The zero-order valence-electron chi connectivity index (χ0n) is 20.9. The zero-order chi connectivity index (χ0) is 24.2. The van der Waals surface area contributed by atoms with Crippen molar-refractivity contribution in [2.45, 2.75) is 73.3 Å². The van der Waals surface area contributed by atoms with Gasteiger partial charge >= 0.3 is 5.63 Å². The van der Waals surface area contributed by atoms with Gasteiger partial charge in [-0.2, -0.15) is 0 Å². The van der Waals surface area contributed by atoms with Gasteiger partial charge in [0.25, 0.3) is 0 Å². The largest absolute Gasteiger partial charge is 0.489 e. The Labute approximate surface area is 197 Å². The summed E-state index contributed by atoms with van der Waals surface area (Å²) in [6.45, 7) is 12.9. The molecular weight excluding hydrogens is 416 g/mol. The Bertz CT molecular complexity index is 1040. The first-order valence-corrected chi connectivity index (χ1v) is 11.8. The molecule has 0 aliphatic heterocycles. The number of hydrogen-bond donors (Lipinski definition) is 0. The van der Waals surface area contributed by atoms with Crippen LogP contribution in [0.5, 0.6) is 17.2 Å². The van der Waals surface area contributed by atoms with Crippen molar-refractivity contribution < 1.29 is 18.6 Å². The minimum absolute atomic E-state index is 0.0936.